The molecule has 0 radical (unpaired) electrons. The Hall–Kier alpha value is -2.87. The lowest BCUT2D eigenvalue weighted by Gasteiger charge is -2.19. The van der Waals surface area contributed by atoms with Crippen LogP contribution in [-0.4, -0.2) is 37.2 Å². The fourth-order valence-electron chi connectivity index (χ4n) is 3.42. The van der Waals surface area contributed by atoms with Gasteiger partial charge in [-0.25, -0.2) is 13.4 Å². The van der Waals surface area contributed by atoms with Gasteiger partial charge in [0.25, 0.3) is 0 Å². The van der Waals surface area contributed by atoms with Crippen LogP contribution in [0.4, 0.5) is 5.69 Å². The van der Waals surface area contributed by atoms with Crippen LogP contribution in [0.5, 0.6) is 0 Å². The van der Waals surface area contributed by atoms with Crippen molar-refractivity contribution in [3.63, 3.8) is 0 Å². The lowest BCUT2D eigenvalue weighted by molar-refractivity contribution is -0.118. The molecule has 6 nitrogen and oxygen atoms in total. The van der Waals surface area contributed by atoms with E-state index in [0.717, 1.165) is 17.3 Å². The summed E-state index contributed by atoms with van der Waals surface area (Å²) in [5.74, 6) is 0.326. The van der Waals surface area contributed by atoms with Gasteiger partial charge >= 0.3 is 0 Å². The Morgan fingerprint density at radius 2 is 1.69 bits per heavy atom. The Morgan fingerprint density at radius 3 is 2.38 bits per heavy atom. The SMILES string of the molecule is CN(C(=O)Cn1c(-c2cccc(Cl)c2Cl)nc2ccccc21)c1ccc(S(C)(=O)=O)cc1. The Morgan fingerprint density at radius 1 is 1.00 bits per heavy atom. The van der Waals surface area contributed by atoms with Gasteiger partial charge in [0.1, 0.15) is 12.4 Å². The van der Waals surface area contributed by atoms with E-state index in [1.54, 1.807) is 35.9 Å². The number of nitrogens with zero attached hydrogens (tertiary/aromatic N) is 3. The number of para-hydroxylation sites is 2. The number of hydrogen-bond acceptors (Lipinski definition) is 4. The van der Waals surface area contributed by atoms with Crippen LogP contribution in [0.3, 0.4) is 0 Å². The smallest absolute Gasteiger partial charge is 0.246 e. The van der Waals surface area contributed by atoms with E-state index in [1.807, 2.05) is 30.3 Å². The van der Waals surface area contributed by atoms with E-state index >= 15 is 0 Å². The molecule has 0 bridgehead atoms. The first kappa shape index (κ1) is 22.3. The molecule has 9 heteroatoms. The van der Waals surface area contributed by atoms with Gasteiger partial charge in [-0.1, -0.05) is 41.4 Å². The molecular formula is C23H19Cl2N3O3S. The van der Waals surface area contributed by atoms with Gasteiger partial charge in [0.05, 0.1) is 26.0 Å². The number of carbonyl (C=O) groups is 1. The van der Waals surface area contributed by atoms with Crippen LogP contribution in [0.2, 0.25) is 10.0 Å². The molecule has 0 atom stereocenters. The van der Waals surface area contributed by atoms with E-state index in [0.29, 0.717) is 27.1 Å². The molecule has 0 fully saturated rings. The number of halogens is 2. The number of amides is 1. The summed E-state index contributed by atoms with van der Waals surface area (Å²) in [7, 11) is -1.67. The Bertz CT molecular complexity index is 1430. The highest BCUT2D eigenvalue weighted by Crippen LogP contribution is 2.34. The quantitative estimate of drug-likeness (QED) is 0.393. The van der Waals surface area contributed by atoms with Crippen LogP contribution in [0.25, 0.3) is 22.4 Å². The molecule has 4 aromatic rings. The maximum atomic E-state index is 13.2. The zero-order chi connectivity index (χ0) is 23.0. The summed E-state index contributed by atoms with van der Waals surface area (Å²) < 4.78 is 25.2. The standard InChI is InChI=1S/C23H19Cl2N3O3S/c1-27(15-10-12-16(13-11-15)32(2,30)31)21(29)14-28-20-9-4-3-8-19(20)26-23(28)17-6-5-7-18(24)22(17)25/h3-13H,14H2,1-2H3. The molecule has 32 heavy (non-hydrogen) atoms. The first-order valence-corrected chi connectivity index (χ1v) is 12.3. The molecule has 164 valence electrons. The third kappa shape index (κ3) is 4.24. The second-order valence-electron chi connectivity index (χ2n) is 7.33. The van der Waals surface area contributed by atoms with Crippen molar-refractivity contribution in [2.75, 3.05) is 18.2 Å². The maximum Gasteiger partial charge on any atom is 0.246 e. The third-order valence-corrected chi connectivity index (χ3v) is 7.11. The molecule has 0 aliphatic carbocycles. The summed E-state index contributed by atoms with van der Waals surface area (Å²) in [5, 5.41) is 0.764. The van der Waals surface area contributed by atoms with Crippen molar-refractivity contribution < 1.29 is 13.2 Å². The van der Waals surface area contributed by atoms with E-state index in [4.69, 9.17) is 28.2 Å². The summed E-state index contributed by atoms with van der Waals surface area (Å²) in [5.41, 5.74) is 2.72. The number of fused-ring (bicyclic) bond motifs is 1. The van der Waals surface area contributed by atoms with Crippen molar-refractivity contribution >= 4 is 55.7 Å². The molecular weight excluding hydrogens is 469 g/mol. The average molecular weight is 488 g/mol. The van der Waals surface area contributed by atoms with E-state index in [-0.39, 0.29) is 17.3 Å². The molecule has 0 unspecified atom stereocenters. The van der Waals surface area contributed by atoms with Crippen LogP contribution in [-0.2, 0) is 21.2 Å². The van der Waals surface area contributed by atoms with Crippen molar-refractivity contribution in [3.8, 4) is 11.4 Å². The monoisotopic (exact) mass is 487 g/mol. The molecule has 0 saturated heterocycles. The molecule has 1 amide bonds. The highest BCUT2D eigenvalue weighted by atomic mass is 35.5. The normalized spacial score (nSPS) is 11.6. The second kappa shape index (κ2) is 8.58. The molecule has 1 heterocycles. The van der Waals surface area contributed by atoms with Gasteiger partial charge in [0.15, 0.2) is 9.84 Å². The van der Waals surface area contributed by atoms with Crippen molar-refractivity contribution in [3.05, 3.63) is 76.8 Å². The molecule has 0 spiro atoms. The number of benzene rings is 3. The second-order valence-corrected chi connectivity index (χ2v) is 10.1. The van der Waals surface area contributed by atoms with E-state index in [2.05, 4.69) is 0 Å². The fraction of sp³-hybridized carbons (Fsp3) is 0.130. The summed E-state index contributed by atoms with van der Waals surface area (Å²) in [6.45, 7) is 0.00299. The van der Waals surface area contributed by atoms with Gasteiger partial charge in [-0.15, -0.1) is 0 Å². The van der Waals surface area contributed by atoms with Crippen molar-refractivity contribution in [1.82, 2.24) is 9.55 Å². The highest BCUT2D eigenvalue weighted by Gasteiger charge is 2.20. The highest BCUT2D eigenvalue weighted by molar-refractivity contribution is 7.90. The Balaban J connectivity index is 1.72. The van der Waals surface area contributed by atoms with Crippen LogP contribution in [0.15, 0.2) is 71.6 Å². The minimum Gasteiger partial charge on any atom is -0.314 e. The molecule has 0 aliphatic heterocycles. The average Bonchev–Trinajstić information content (AvgIpc) is 3.12. The number of imidazole rings is 1. The molecule has 0 aliphatic rings. The summed E-state index contributed by atoms with van der Waals surface area (Å²) in [6, 6.07) is 19.0. The molecule has 0 saturated carbocycles. The third-order valence-electron chi connectivity index (χ3n) is 5.17. The number of aromatic nitrogens is 2. The summed E-state index contributed by atoms with van der Waals surface area (Å²) in [6.07, 6.45) is 1.14. The van der Waals surface area contributed by atoms with Gasteiger partial charge in [0.2, 0.25) is 5.91 Å². The van der Waals surface area contributed by atoms with Crippen molar-refractivity contribution in [2.45, 2.75) is 11.4 Å². The Kier molecular flexibility index (Phi) is 5.99. The Labute approximate surface area is 195 Å². The minimum absolute atomic E-state index is 0.00299. The number of hydrogen-bond donors (Lipinski definition) is 0. The number of anilines is 1. The van der Waals surface area contributed by atoms with Gasteiger partial charge < -0.3 is 9.47 Å². The van der Waals surface area contributed by atoms with Crippen LogP contribution < -0.4 is 4.90 Å². The summed E-state index contributed by atoms with van der Waals surface area (Å²) in [4.78, 5) is 19.5. The first-order valence-electron chi connectivity index (χ1n) is 9.63. The number of carbonyl (C=O) groups excluding carboxylic acids is 1. The van der Waals surface area contributed by atoms with Gasteiger partial charge in [-0.3, -0.25) is 4.79 Å². The zero-order valence-electron chi connectivity index (χ0n) is 17.3. The lowest BCUT2D eigenvalue weighted by atomic mass is 10.2. The van der Waals surface area contributed by atoms with E-state index in [1.165, 1.54) is 17.0 Å². The maximum absolute atomic E-state index is 13.2. The van der Waals surface area contributed by atoms with Gasteiger partial charge in [-0.2, -0.15) is 0 Å². The van der Waals surface area contributed by atoms with Crippen LogP contribution in [0, 0.1) is 0 Å². The van der Waals surface area contributed by atoms with Crippen molar-refractivity contribution in [1.29, 1.82) is 0 Å². The first-order chi connectivity index (χ1) is 15.2. The van der Waals surface area contributed by atoms with E-state index in [9.17, 15) is 13.2 Å². The van der Waals surface area contributed by atoms with E-state index < -0.39 is 9.84 Å². The molecule has 0 N–H and O–H groups in total. The topological polar surface area (TPSA) is 72.3 Å². The van der Waals surface area contributed by atoms with Gasteiger partial charge in [0, 0.05) is 24.6 Å². The number of rotatable bonds is 5. The number of sulfone groups is 1. The largest absolute Gasteiger partial charge is 0.314 e. The number of likely N-dealkylation sites (N-methyl/N-ethyl adjacent to an activating group) is 1. The predicted molar refractivity (Wildman–Crippen MR) is 128 cm³/mol. The van der Waals surface area contributed by atoms with Gasteiger partial charge in [-0.05, 0) is 48.5 Å². The fourth-order valence-corrected chi connectivity index (χ4v) is 4.44. The molecule has 1 aromatic heterocycles. The molecule has 4 rings (SSSR count). The predicted octanol–water partition coefficient (Wildman–Crippen LogP) is 5.08. The zero-order valence-corrected chi connectivity index (χ0v) is 19.6. The van der Waals surface area contributed by atoms with Crippen molar-refractivity contribution in [2.24, 2.45) is 0 Å². The minimum atomic E-state index is -3.31. The van der Waals surface area contributed by atoms with Crippen LogP contribution >= 0.6 is 23.2 Å². The molecule has 3 aromatic carbocycles. The van der Waals surface area contributed by atoms with Crippen LogP contribution in [0.1, 0.15) is 0 Å². The lowest BCUT2D eigenvalue weighted by Crippen LogP contribution is -2.30. The summed E-state index contributed by atoms with van der Waals surface area (Å²) >= 11 is 12.7.